The maximum atomic E-state index is 14.5. The molecule has 0 aromatic heterocycles. The van der Waals surface area contributed by atoms with Crippen molar-refractivity contribution >= 4 is 39.1 Å². The molecule has 0 aliphatic carbocycles. The molecule has 0 fully saturated rings. The van der Waals surface area contributed by atoms with Crippen LogP contribution in [0.1, 0.15) is 42.5 Å². The van der Waals surface area contributed by atoms with Crippen molar-refractivity contribution in [1.29, 1.82) is 0 Å². The van der Waals surface area contributed by atoms with Gasteiger partial charge in [0.1, 0.15) is 12.6 Å². The fourth-order valence-corrected chi connectivity index (χ4v) is 6.49. The third-order valence-electron chi connectivity index (χ3n) is 7.78. The first kappa shape index (κ1) is 33.7. The highest BCUT2D eigenvalue weighted by molar-refractivity contribution is 7.92. The molecule has 0 spiro atoms. The van der Waals surface area contributed by atoms with Crippen LogP contribution >= 0.6 is 11.6 Å². The van der Waals surface area contributed by atoms with Gasteiger partial charge < -0.3 is 10.2 Å². The van der Waals surface area contributed by atoms with Crippen molar-refractivity contribution in [2.75, 3.05) is 10.8 Å². The van der Waals surface area contributed by atoms with E-state index in [0.29, 0.717) is 22.7 Å². The van der Waals surface area contributed by atoms with E-state index in [-0.39, 0.29) is 29.8 Å². The number of rotatable bonds is 13. The second kappa shape index (κ2) is 15.2. The van der Waals surface area contributed by atoms with Crippen molar-refractivity contribution in [2.24, 2.45) is 0 Å². The van der Waals surface area contributed by atoms with Crippen LogP contribution in [0.2, 0.25) is 5.02 Å². The van der Waals surface area contributed by atoms with E-state index in [2.05, 4.69) is 5.32 Å². The maximum Gasteiger partial charge on any atom is 0.264 e. The van der Waals surface area contributed by atoms with Gasteiger partial charge in [0.05, 0.1) is 10.6 Å². The molecule has 0 aliphatic rings. The SMILES string of the molecule is CC[C@H](C)NC(=O)[C@@H](Cc1ccccc1)N(Cc1ccccc1Cl)C(=O)CN(c1ccc(C)cc1)S(=O)(=O)c1ccc(C)cc1. The van der Waals surface area contributed by atoms with Crippen LogP contribution in [0.3, 0.4) is 0 Å². The zero-order valence-corrected chi connectivity index (χ0v) is 27.7. The first-order chi connectivity index (χ1) is 21.5. The number of nitrogens with one attached hydrogen (secondary N) is 1. The quantitative estimate of drug-likeness (QED) is 0.175. The van der Waals surface area contributed by atoms with Gasteiger partial charge in [-0.25, -0.2) is 8.42 Å². The van der Waals surface area contributed by atoms with Crippen molar-refractivity contribution in [2.45, 2.75) is 64.1 Å². The van der Waals surface area contributed by atoms with E-state index in [9.17, 15) is 18.0 Å². The predicted molar refractivity (Wildman–Crippen MR) is 181 cm³/mol. The van der Waals surface area contributed by atoms with Gasteiger partial charge in [0.2, 0.25) is 11.8 Å². The Morgan fingerprint density at radius 1 is 0.822 bits per heavy atom. The number of amides is 2. The topological polar surface area (TPSA) is 86.8 Å². The van der Waals surface area contributed by atoms with Crippen molar-refractivity contribution in [3.63, 3.8) is 0 Å². The third kappa shape index (κ3) is 8.74. The molecular formula is C36H40ClN3O4S. The number of aryl methyl sites for hydroxylation is 2. The molecule has 45 heavy (non-hydrogen) atoms. The summed E-state index contributed by atoms with van der Waals surface area (Å²) in [7, 11) is -4.16. The van der Waals surface area contributed by atoms with E-state index >= 15 is 0 Å². The minimum atomic E-state index is -4.16. The molecule has 0 bridgehead atoms. The summed E-state index contributed by atoms with van der Waals surface area (Å²) >= 11 is 6.56. The average Bonchev–Trinajstić information content (AvgIpc) is 3.03. The number of hydrogen-bond donors (Lipinski definition) is 1. The van der Waals surface area contributed by atoms with E-state index < -0.39 is 28.5 Å². The van der Waals surface area contributed by atoms with Gasteiger partial charge >= 0.3 is 0 Å². The number of carbonyl (C=O) groups is 2. The average molecular weight is 646 g/mol. The minimum Gasteiger partial charge on any atom is -0.352 e. The summed E-state index contributed by atoms with van der Waals surface area (Å²) in [5.41, 5.74) is 3.71. The number of halogens is 1. The monoisotopic (exact) mass is 645 g/mol. The summed E-state index contributed by atoms with van der Waals surface area (Å²) in [6.45, 7) is 7.15. The van der Waals surface area contributed by atoms with Gasteiger partial charge in [-0.1, -0.05) is 102 Å². The van der Waals surface area contributed by atoms with Gasteiger partial charge in [0, 0.05) is 24.0 Å². The lowest BCUT2D eigenvalue weighted by atomic mass is 10.0. The first-order valence-electron chi connectivity index (χ1n) is 15.0. The van der Waals surface area contributed by atoms with Gasteiger partial charge in [-0.15, -0.1) is 0 Å². The fraction of sp³-hybridized carbons (Fsp3) is 0.278. The highest BCUT2D eigenvalue weighted by Crippen LogP contribution is 2.26. The van der Waals surface area contributed by atoms with Gasteiger partial charge in [-0.3, -0.25) is 13.9 Å². The third-order valence-corrected chi connectivity index (χ3v) is 9.94. The van der Waals surface area contributed by atoms with Crippen LogP contribution in [-0.2, 0) is 32.6 Å². The standard InChI is InChI=1S/C36H40ClN3O4S/c1-5-28(4)38-36(42)34(23-29-11-7-6-8-12-29)39(24-30-13-9-10-14-33(30)37)35(41)25-40(31-19-15-26(2)16-20-31)45(43,44)32-21-17-27(3)18-22-32/h6-22,28,34H,5,23-25H2,1-4H3,(H,38,42)/t28-,34+/m0/s1. The van der Waals surface area contributed by atoms with Crippen molar-refractivity contribution in [1.82, 2.24) is 10.2 Å². The fourth-order valence-electron chi connectivity index (χ4n) is 4.88. The van der Waals surface area contributed by atoms with Crippen LogP contribution in [0.5, 0.6) is 0 Å². The number of carbonyl (C=O) groups excluding carboxylic acids is 2. The summed E-state index contributed by atoms with van der Waals surface area (Å²) in [4.78, 5) is 30.0. The van der Waals surface area contributed by atoms with Crippen LogP contribution < -0.4 is 9.62 Å². The zero-order chi connectivity index (χ0) is 32.6. The molecule has 236 valence electrons. The Hall–Kier alpha value is -4.14. The van der Waals surface area contributed by atoms with Gasteiger partial charge in [-0.2, -0.15) is 0 Å². The lowest BCUT2D eigenvalue weighted by Gasteiger charge is -2.34. The number of anilines is 1. The minimum absolute atomic E-state index is 0.0102. The van der Waals surface area contributed by atoms with E-state index in [1.54, 1.807) is 54.6 Å². The molecule has 4 aromatic carbocycles. The largest absolute Gasteiger partial charge is 0.352 e. The Kier molecular flexibility index (Phi) is 11.4. The zero-order valence-electron chi connectivity index (χ0n) is 26.1. The van der Waals surface area contributed by atoms with E-state index in [1.807, 2.05) is 64.1 Å². The van der Waals surface area contributed by atoms with Crippen LogP contribution in [-0.4, -0.2) is 43.8 Å². The molecule has 0 saturated heterocycles. The molecule has 9 heteroatoms. The Bertz CT molecular complexity index is 1690. The number of benzene rings is 4. The molecule has 0 unspecified atom stereocenters. The van der Waals surface area contributed by atoms with Crippen molar-refractivity contribution in [3.8, 4) is 0 Å². The first-order valence-corrected chi connectivity index (χ1v) is 16.8. The summed E-state index contributed by atoms with van der Waals surface area (Å²) in [6, 6.07) is 29.0. The van der Waals surface area contributed by atoms with Crippen molar-refractivity contribution in [3.05, 3.63) is 130 Å². The smallest absolute Gasteiger partial charge is 0.264 e. The van der Waals surface area contributed by atoms with Crippen LogP contribution in [0.25, 0.3) is 0 Å². The van der Waals surface area contributed by atoms with E-state index in [4.69, 9.17) is 11.6 Å². The molecule has 4 aromatic rings. The molecule has 7 nitrogen and oxygen atoms in total. The van der Waals surface area contributed by atoms with Crippen LogP contribution in [0, 0.1) is 13.8 Å². The van der Waals surface area contributed by atoms with E-state index in [0.717, 1.165) is 21.0 Å². The Balaban J connectivity index is 1.81. The Labute approximate surface area is 271 Å². The van der Waals surface area contributed by atoms with E-state index in [1.165, 1.54) is 17.0 Å². The molecule has 2 amide bonds. The number of nitrogens with zero attached hydrogens (tertiary/aromatic N) is 2. The molecule has 2 atom stereocenters. The molecule has 1 N–H and O–H groups in total. The van der Waals surface area contributed by atoms with Crippen molar-refractivity contribution < 1.29 is 18.0 Å². The summed E-state index contributed by atoms with van der Waals surface area (Å²) in [6.07, 6.45) is 0.937. The summed E-state index contributed by atoms with van der Waals surface area (Å²) in [5.74, 6) is -0.858. The molecule has 0 aliphatic heterocycles. The molecule has 0 saturated carbocycles. The molecular weight excluding hydrogens is 606 g/mol. The number of hydrogen-bond acceptors (Lipinski definition) is 4. The lowest BCUT2D eigenvalue weighted by Crippen LogP contribution is -2.54. The summed E-state index contributed by atoms with van der Waals surface area (Å²) in [5, 5.41) is 3.48. The number of sulfonamides is 1. The molecule has 0 radical (unpaired) electrons. The second-order valence-corrected chi connectivity index (χ2v) is 13.6. The van der Waals surface area contributed by atoms with Gasteiger partial charge in [0.15, 0.2) is 0 Å². The predicted octanol–water partition coefficient (Wildman–Crippen LogP) is 6.71. The Morgan fingerprint density at radius 3 is 2.00 bits per heavy atom. The lowest BCUT2D eigenvalue weighted by molar-refractivity contribution is -0.140. The maximum absolute atomic E-state index is 14.5. The Morgan fingerprint density at radius 2 is 1.40 bits per heavy atom. The summed E-state index contributed by atoms with van der Waals surface area (Å²) < 4.78 is 29.4. The van der Waals surface area contributed by atoms with Gasteiger partial charge in [0.25, 0.3) is 10.0 Å². The normalized spacial score (nSPS) is 12.6. The highest BCUT2D eigenvalue weighted by atomic mass is 35.5. The second-order valence-electron chi connectivity index (χ2n) is 11.3. The highest BCUT2D eigenvalue weighted by Gasteiger charge is 2.35. The van der Waals surface area contributed by atoms with Crippen LogP contribution in [0.4, 0.5) is 5.69 Å². The van der Waals surface area contributed by atoms with Crippen LogP contribution in [0.15, 0.2) is 108 Å². The molecule has 4 rings (SSSR count). The van der Waals surface area contributed by atoms with Gasteiger partial charge in [-0.05, 0) is 68.7 Å². The molecule has 0 heterocycles.